The van der Waals surface area contributed by atoms with Crippen molar-refractivity contribution in [1.82, 2.24) is 9.55 Å². The minimum absolute atomic E-state index is 0.182. The smallest absolute Gasteiger partial charge is 0.266 e. The Kier molecular flexibility index (Phi) is 6.36. The summed E-state index contributed by atoms with van der Waals surface area (Å²) < 4.78 is 1.57. The summed E-state index contributed by atoms with van der Waals surface area (Å²) in [6, 6.07) is 16.9. The molecule has 0 saturated heterocycles. The van der Waals surface area contributed by atoms with Gasteiger partial charge in [-0.2, -0.15) is 10.5 Å². The molecule has 0 fully saturated rings. The molecule has 0 N–H and O–H groups in total. The third-order valence-corrected chi connectivity index (χ3v) is 5.63. The van der Waals surface area contributed by atoms with Gasteiger partial charge in [0.2, 0.25) is 0 Å². The minimum Gasteiger partial charge on any atom is -0.268 e. The van der Waals surface area contributed by atoms with Crippen LogP contribution in [-0.2, 0) is 0 Å². The maximum absolute atomic E-state index is 13.2. The van der Waals surface area contributed by atoms with Crippen LogP contribution >= 0.6 is 23.4 Å². The average molecular weight is 409 g/mol. The van der Waals surface area contributed by atoms with Crippen LogP contribution in [0.15, 0.2) is 52.4 Å². The van der Waals surface area contributed by atoms with Crippen LogP contribution in [0.3, 0.4) is 0 Å². The molecule has 3 rings (SSSR count). The molecule has 0 amide bonds. The number of halogens is 1. The van der Waals surface area contributed by atoms with Crippen LogP contribution in [0.2, 0.25) is 5.02 Å². The zero-order valence-corrected chi connectivity index (χ0v) is 16.8. The Morgan fingerprint density at radius 1 is 1.21 bits per heavy atom. The predicted octanol–water partition coefficient (Wildman–Crippen LogP) is 4.88. The molecule has 0 bridgehead atoms. The number of nitriles is 2. The molecule has 0 aliphatic carbocycles. The molecule has 0 aliphatic rings. The Morgan fingerprint density at radius 2 is 1.96 bits per heavy atom. The fourth-order valence-electron chi connectivity index (χ4n) is 2.76. The van der Waals surface area contributed by atoms with Gasteiger partial charge in [-0.15, -0.1) is 0 Å². The van der Waals surface area contributed by atoms with Crippen LogP contribution in [0.4, 0.5) is 0 Å². The number of thioether (sulfide) groups is 1. The number of rotatable bonds is 6. The Balaban J connectivity index is 2.09. The largest absolute Gasteiger partial charge is 0.268 e. The van der Waals surface area contributed by atoms with E-state index in [-0.39, 0.29) is 11.5 Å². The molecule has 7 heteroatoms. The highest BCUT2D eigenvalue weighted by atomic mass is 35.5. The van der Waals surface area contributed by atoms with Gasteiger partial charge >= 0.3 is 0 Å². The number of hydrogen-bond donors (Lipinski definition) is 0. The Hall–Kier alpha value is -2.80. The first kappa shape index (κ1) is 19.9. The summed E-state index contributed by atoms with van der Waals surface area (Å²) in [4.78, 5) is 17.8. The van der Waals surface area contributed by atoms with Crippen LogP contribution in [0.25, 0.3) is 16.6 Å². The van der Waals surface area contributed by atoms with Crippen molar-refractivity contribution >= 4 is 34.3 Å². The number of aromatic nitrogens is 2. The molecule has 0 unspecified atom stereocenters. The zero-order valence-electron chi connectivity index (χ0n) is 15.2. The van der Waals surface area contributed by atoms with Crippen LogP contribution in [0, 0.1) is 35.5 Å². The number of benzene rings is 2. The van der Waals surface area contributed by atoms with Gasteiger partial charge in [0.05, 0.1) is 34.6 Å². The number of fused-ring (bicyclic) bond motifs is 1. The summed E-state index contributed by atoms with van der Waals surface area (Å²) >= 11 is 7.42. The van der Waals surface area contributed by atoms with Crippen molar-refractivity contribution in [3.63, 3.8) is 0 Å². The van der Waals surface area contributed by atoms with Gasteiger partial charge in [-0.25, -0.2) is 4.98 Å². The second-order valence-electron chi connectivity index (χ2n) is 6.37. The van der Waals surface area contributed by atoms with Crippen molar-refractivity contribution in [2.45, 2.75) is 24.9 Å². The third-order valence-electron chi connectivity index (χ3n) is 4.29. The highest BCUT2D eigenvalue weighted by molar-refractivity contribution is 7.99. The second kappa shape index (κ2) is 8.93. The van der Waals surface area contributed by atoms with E-state index in [4.69, 9.17) is 16.9 Å². The van der Waals surface area contributed by atoms with Gasteiger partial charge in [0.15, 0.2) is 5.16 Å². The van der Waals surface area contributed by atoms with Gasteiger partial charge in [-0.05, 0) is 43.7 Å². The number of aryl methyl sites for hydroxylation is 1. The van der Waals surface area contributed by atoms with E-state index in [1.807, 2.05) is 31.2 Å². The molecule has 1 heterocycles. The molecule has 1 aromatic heterocycles. The lowest BCUT2D eigenvalue weighted by atomic mass is 10.1. The average Bonchev–Trinajstić information content (AvgIpc) is 2.69. The fourth-order valence-corrected chi connectivity index (χ4v) is 3.99. The van der Waals surface area contributed by atoms with Gasteiger partial charge in [0, 0.05) is 17.2 Å². The topological polar surface area (TPSA) is 82.5 Å². The first-order valence-corrected chi connectivity index (χ1v) is 10.1. The first-order chi connectivity index (χ1) is 13.5. The van der Waals surface area contributed by atoms with Crippen LogP contribution < -0.4 is 5.56 Å². The molecule has 140 valence electrons. The molecule has 0 spiro atoms. The number of nitrogens with zero attached hydrogens (tertiary/aromatic N) is 4. The molecular formula is C21H17ClN4OS. The lowest BCUT2D eigenvalue weighted by molar-refractivity contribution is 0.682. The van der Waals surface area contributed by atoms with E-state index in [1.165, 1.54) is 11.8 Å². The lowest BCUT2D eigenvalue weighted by Gasteiger charge is -2.14. The van der Waals surface area contributed by atoms with Crippen molar-refractivity contribution in [1.29, 1.82) is 10.5 Å². The maximum atomic E-state index is 13.2. The normalized spacial score (nSPS) is 11.7. The van der Waals surface area contributed by atoms with E-state index >= 15 is 0 Å². The molecule has 2 aromatic carbocycles. The Morgan fingerprint density at radius 3 is 2.64 bits per heavy atom. The summed E-state index contributed by atoms with van der Waals surface area (Å²) in [5.41, 5.74) is 2.15. The summed E-state index contributed by atoms with van der Waals surface area (Å²) in [7, 11) is 0. The summed E-state index contributed by atoms with van der Waals surface area (Å²) in [6.45, 7) is 1.98. The molecule has 0 radical (unpaired) electrons. The highest BCUT2D eigenvalue weighted by Crippen LogP contribution is 2.25. The number of hydrogen-bond acceptors (Lipinski definition) is 5. The van der Waals surface area contributed by atoms with E-state index in [0.29, 0.717) is 45.4 Å². The van der Waals surface area contributed by atoms with E-state index in [2.05, 4.69) is 17.1 Å². The van der Waals surface area contributed by atoms with Crippen molar-refractivity contribution in [2.75, 3.05) is 5.75 Å². The maximum Gasteiger partial charge on any atom is 0.266 e. The SMILES string of the molecule is Cc1ccc(-n2c(SC[C@H](C#N)CCC#N)nc3cc(Cl)ccc3c2=O)cc1. The lowest BCUT2D eigenvalue weighted by Crippen LogP contribution is -2.22. The van der Waals surface area contributed by atoms with Crippen molar-refractivity contribution in [2.24, 2.45) is 5.92 Å². The van der Waals surface area contributed by atoms with E-state index < -0.39 is 0 Å². The van der Waals surface area contributed by atoms with Gasteiger partial charge < -0.3 is 0 Å². The molecule has 5 nitrogen and oxygen atoms in total. The second-order valence-corrected chi connectivity index (χ2v) is 7.79. The Labute approximate surface area is 172 Å². The minimum atomic E-state index is -0.289. The van der Waals surface area contributed by atoms with Gasteiger partial charge in [-0.3, -0.25) is 9.36 Å². The van der Waals surface area contributed by atoms with E-state index in [1.54, 1.807) is 22.8 Å². The van der Waals surface area contributed by atoms with Crippen molar-refractivity contribution in [3.8, 4) is 17.8 Å². The highest BCUT2D eigenvalue weighted by Gasteiger charge is 2.16. The quantitative estimate of drug-likeness (QED) is 0.428. The molecule has 28 heavy (non-hydrogen) atoms. The molecule has 3 aromatic rings. The van der Waals surface area contributed by atoms with Crippen LogP contribution in [0.5, 0.6) is 0 Å². The van der Waals surface area contributed by atoms with Gasteiger partial charge in [-0.1, -0.05) is 41.1 Å². The standard InChI is InChI=1S/C21H17ClN4OS/c1-14-4-7-17(8-5-14)26-20(27)18-9-6-16(22)11-19(18)25-21(26)28-13-15(12-24)3-2-10-23/h4-9,11,15H,2-3,13H2,1H3/t15-/m0/s1. The predicted molar refractivity (Wildman–Crippen MR) is 112 cm³/mol. The van der Waals surface area contributed by atoms with Crippen LogP contribution in [-0.4, -0.2) is 15.3 Å². The summed E-state index contributed by atoms with van der Waals surface area (Å²) in [6.07, 6.45) is 0.818. The van der Waals surface area contributed by atoms with Crippen molar-refractivity contribution < 1.29 is 0 Å². The molecule has 0 aliphatic heterocycles. The zero-order chi connectivity index (χ0) is 20.1. The molecular weight excluding hydrogens is 392 g/mol. The third kappa shape index (κ3) is 4.36. The van der Waals surface area contributed by atoms with Crippen molar-refractivity contribution in [3.05, 3.63) is 63.4 Å². The van der Waals surface area contributed by atoms with Crippen LogP contribution in [0.1, 0.15) is 18.4 Å². The molecule has 0 saturated carbocycles. The first-order valence-electron chi connectivity index (χ1n) is 8.72. The monoisotopic (exact) mass is 408 g/mol. The van der Waals surface area contributed by atoms with Gasteiger partial charge in [0.25, 0.3) is 5.56 Å². The fraction of sp³-hybridized carbons (Fsp3) is 0.238. The van der Waals surface area contributed by atoms with E-state index in [9.17, 15) is 10.1 Å². The molecule has 1 atom stereocenters. The van der Waals surface area contributed by atoms with E-state index in [0.717, 1.165) is 5.56 Å². The Bertz CT molecular complexity index is 1140. The summed E-state index contributed by atoms with van der Waals surface area (Å²) in [5, 5.41) is 19.6. The summed E-state index contributed by atoms with van der Waals surface area (Å²) in [5.74, 6) is 0.158. The van der Waals surface area contributed by atoms with Gasteiger partial charge in [0.1, 0.15) is 0 Å².